The summed E-state index contributed by atoms with van der Waals surface area (Å²) >= 11 is 0. The highest BCUT2D eigenvalue weighted by atomic mass is 19.1. The molecule has 0 saturated carbocycles. The van der Waals surface area contributed by atoms with E-state index < -0.39 is 6.67 Å². The molecule has 1 aromatic rings. The third kappa shape index (κ3) is 2.77. The summed E-state index contributed by atoms with van der Waals surface area (Å²) < 4.78 is 26.1. The molecule has 0 spiro atoms. The van der Waals surface area contributed by atoms with Gasteiger partial charge >= 0.3 is 0 Å². The van der Waals surface area contributed by atoms with Gasteiger partial charge in [-0.25, -0.2) is 4.39 Å². The van der Waals surface area contributed by atoms with E-state index in [4.69, 9.17) is 0 Å². The van der Waals surface area contributed by atoms with Gasteiger partial charge in [-0.1, -0.05) is 39.8 Å². The fraction of sp³-hybridized carbons (Fsp3) is 0.538. The number of benzene rings is 1. The quantitative estimate of drug-likeness (QED) is 0.689. The van der Waals surface area contributed by atoms with E-state index in [-0.39, 0.29) is 17.2 Å². The van der Waals surface area contributed by atoms with Gasteiger partial charge in [0, 0.05) is 5.92 Å². The maximum Gasteiger partial charge on any atom is 0.127 e. The second-order valence-electron chi connectivity index (χ2n) is 5.04. The van der Waals surface area contributed by atoms with E-state index in [1.807, 2.05) is 26.8 Å². The van der Waals surface area contributed by atoms with Crippen LogP contribution < -0.4 is 0 Å². The van der Waals surface area contributed by atoms with Crippen LogP contribution in [0.3, 0.4) is 0 Å². The van der Waals surface area contributed by atoms with E-state index in [1.54, 1.807) is 13.0 Å². The van der Waals surface area contributed by atoms with Gasteiger partial charge in [0.25, 0.3) is 0 Å². The zero-order valence-electron chi connectivity index (χ0n) is 9.77. The molecule has 0 N–H and O–H groups in total. The van der Waals surface area contributed by atoms with Crippen LogP contribution in [0.2, 0.25) is 0 Å². The average molecular weight is 212 g/mol. The molecule has 0 aliphatic heterocycles. The van der Waals surface area contributed by atoms with E-state index in [1.165, 1.54) is 6.07 Å². The first-order valence-corrected chi connectivity index (χ1v) is 5.22. The molecule has 2 heteroatoms. The maximum atomic E-state index is 13.7. The number of halogens is 2. The van der Waals surface area contributed by atoms with E-state index in [0.29, 0.717) is 5.56 Å². The van der Waals surface area contributed by atoms with Crippen LogP contribution in [0.4, 0.5) is 8.78 Å². The summed E-state index contributed by atoms with van der Waals surface area (Å²) in [6.07, 6.45) is 0. The first-order chi connectivity index (χ1) is 6.86. The molecule has 0 fully saturated rings. The van der Waals surface area contributed by atoms with Crippen molar-refractivity contribution < 1.29 is 8.78 Å². The van der Waals surface area contributed by atoms with E-state index >= 15 is 0 Å². The Morgan fingerprint density at radius 1 is 1.27 bits per heavy atom. The van der Waals surface area contributed by atoms with Crippen LogP contribution in [0, 0.1) is 5.82 Å². The molecule has 0 heterocycles. The minimum absolute atomic E-state index is 0.207. The van der Waals surface area contributed by atoms with Crippen LogP contribution in [0.15, 0.2) is 18.2 Å². The van der Waals surface area contributed by atoms with E-state index in [9.17, 15) is 8.78 Å². The van der Waals surface area contributed by atoms with Gasteiger partial charge < -0.3 is 0 Å². The van der Waals surface area contributed by atoms with Crippen molar-refractivity contribution >= 4 is 0 Å². The second kappa shape index (κ2) is 4.30. The van der Waals surface area contributed by atoms with E-state index in [0.717, 1.165) is 5.56 Å². The third-order valence-electron chi connectivity index (χ3n) is 2.60. The minimum atomic E-state index is -0.450. The summed E-state index contributed by atoms with van der Waals surface area (Å²) in [6.45, 7) is 7.19. The third-order valence-corrected chi connectivity index (χ3v) is 2.60. The van der Waals surface area contributed by atoms with Crippen molar-refractivity contribution in [2.75, 3.05) is 6.67 Å². The van der Waals surface area contributed by atoms with E-state index in [2.05, 4.69) is 0 Å². The highest BCUT2D eigenvalue weighted by Crippen LogP contribution is 2.27. The normalized spacial score (nSPS) is 14.0. The predicted molar refractivity (Wildman–Crippen MR) is 59.5 cm³/mol. The Balaban J connectivity index is 3.09. The van der Waals surface area contributed by atoms with Gasteiger partial charge in [-0.3, -0.25) is 4.39 Å². The number of alkyl halides is 1. The zero-order valence-corrected chi connectivity index (χ0v) is 9.77. The molecule has 0 aliphatic carbocycles. The molecule has 0 saturated heterocycles. The molecule has 84 valence electrons. The minimum Gasteiger partial charge on any atom is -0.250 e. The summed E-state index contributed by atoms with van der Waals surface area (Å²) in [5, 5.41) is 0. The van der Waals surface area contributed by atoms with Crippen molar-refractivity contribution in [2.45, 2.75) is 39.0 Å². The van der Waals surface area contributed by atoms with Crippen molar-refractivity contribution in [1.82, 2.24) is 0 Å². The molecule has 1 atom stereocenters. The molecule has 0 nitrogen and oxygen atoms in total. The van der Waals surface area contributed by atoms with Gasteiger partial charge in [0.15, 0.2) is 0 Å². The Hall–Kier alpha value is -0.920. The first kappa shape index (κ1) is 12.2. The monoisotopic (exact) mass is 212 g/mol. The summed E-state index contributed by atoms with van der Waals surface area (Å²) in [7, 11) is 0. The lowest BCUT2D eigenvalue weighted by Crippen LogP contribution is -2.14. The average Bonchev–Trinajstić information content (AvgIpc) is 2.14. The highest BCUT2D eigenvalue weighted by molar-refractivity contribution is 5.31. The summed E-state index contributed by atoms with van der Waals surface area (Å²) in [6, 6.07) is 5.02. The largest absolute Gasteiger partial charge is 0.250 e. The SMILES string of the molecule is CC(CF)c1ccc(C(C)(C)C)c(F)c1. The maximum absolute atomic E-state index is 13.7. The van der Waals surface area contributed by atoms with Crippen LogP contribution in [0.1, 0.15) is 44.7 Å². The first-order valence-electron chi connectivity index (χ1n) is 5.22. The van der Waals surface area contributed by atoms with Crippen LogP contribution in [0.5, 0.6) is 0 Å². The molecular weight excluding hydrogens is 194 g/mol. The Bertz CT molecular complexity index is 337. The van der Waals surface area contributed by atoms with Crippen molar-refractivity contribution in [2.24, 2.45) is 0 Å². The lowest BCUT2D eigenvalue weighted by atomic mass is 9.85. The topological polar surface area (TPSA) is 0 Å². The van der Waals surface area contributed by atoms with Crippen LogP contribution in [-0.4, -0.2) is 6.67 Å². The lowest BCUT2D eigenvalue weighted by Gasteiger charge is -2.20. The van der Waals surface area contributed by atoms with Crippen LogP contribution in [0.25, 0.3) is 0 Å². The van der Waals surface area contributed by atoms with Crippen molar-refractivity contribution in [3.05, 3.63) is 35.1 Å². The second-order valence-corrected chi connectivity index (χ2v) is 5.04. The van der Waals surface area contributed by atoms with Crippen molar-refractivity contribution in [1.29, 1.82) is 0 Å². The summed E-state index contributed by atoms with van der Waals surface area (Å²) in [5.41, 5.74) is 1.20. The molecule has 0 aliphatic rings. The number of hydrogen-bond acceptors (Lipinski definition) is 0. The van der Waals surface area contributed by atoms with Gasteiger partial charge in [0.2, 0.25) is 0 Å². The fourth-order valence-corrected chi connectivity index (χ4v) is 1.54. The predicted octanol–water partition coefficient (Wildman–Crippen LogP) is 4.20. The molecular formula is C13H18F2. The Morgan fingerprint density at radius 2 is 1.87 bits per heavy atom. The smallest absolute Gasteiger partial charge is 0.127 e. The Labute approximate surface area is 90.3 Å². The lowest BCUT2D eigenvalue weighted by molar-refractivity contribution is 0.445. The summed E-state index contributed by atoms with van der Waals surface area (Å²) in [5.74, 6) is -0.464. The number of rotatable bonds is 2. The van der Waals surface area contributed by atoms with Crippen molar-refractivity contribution in [3.8, 4) is 0 Å². The summed E-state index contributed by atoms with van der Waals surface area (Å²) in [4.78, 5) is 0. The van der Waals surface area contributed by atoms with Crippen LogP contribution in [-0.2, 0) is 5.41 Å². The number of hydrogen-bond donors (Lipinski definition) is 0. The molecule has 0 radical (unpaired) electrons. The van der Waals surface area contributed by atoms with Gasteiger partial charge in [0.05, 0.1) is 6.67 Å². The fourth-order valence-electron chi connectivity index (χ4n) is 1.54. The molecule has 15 heavy (non-hydrogen) atoms. The standard InChI is InChI=1S/C13H18F2/c1-9(8-14)10-5-6-11(12(15)7-10)13(2,3)4/h5-7,9H,8H2,1-4H3. The van der Waals surface area contributed by atoms with Gasteiger partial charge in [-0.15, -0.1) is 0 Å². The Kier molecular flexibility index (Phi) is 3.48. The van der Waals surface area contributed by atoms with Gasteiger partial charge in [-0.05, 0) is 22.6 Å². The molecule has 0 amide bonds. The molecule has 1 rings (SSSR count). The Morgan fingerprint density at radius 3 is 2.27 bits per heavy atom. The van der Waals surface area contributed by atoms with Gasteiger partial charge in [-0.2, -0.15) is 0 Å². The van der Waals surface area contributed by atoms with Crippen LogP contribution >= 0.6 is 0 Å². The van der Waals surface area contributed by atoms with Crippen molar-refractivity contribution in [3.63, 3.8) is 0 Å². The van der Waals surface area contributed by atoms with Gasteiger partial charge in [0.1, 0.15) is 5.82 Å². The zero-order chi connectivity index (χ0) is 11.6. The molecule has 0 aromatic heterocycles. The molecule has 1 aromatic carbocycles. The highest BCUT2D eigenvalue weighted by Gasteiger charge is 2.19. The molecule has 0 bridgehead atoms. The molecule has 1 unspecified atom stereocenters.